The van der Waals surface area contributed by atoms with Crippen molar-refractivity contribution in [2.45, 2.75) is 44.1 Å². The molecule has 0 bridgehead atoms. The van der Waals surface area contributed by atoms with E-state index in [9.17, 15) is 0 Å². The Labute approximate surface area is 191 Å². The summed E-state index contributed by atoms with van der Waals surface area (Å²) in [5.41, 5.74) is 5.60. The fourth-order valence-electron chi connectivity index (χ4n) is 5.79. The molecule has 0 radical (unpaired) electrons. The average molecular weight is 430 g/mol. The maximum Gasteiger partial charge on any atom is 0.119 e. The van der Waals surface area contributed by atoms with E-state index in [1.807, 2.05) is 6.07 Å². The number of methoxy groups -OCH3 is 1. The molecule has 1 aliphatic carbocycles. The van der Waals surface area contributed by atoms with E-state index in [0.29, 0.717) is 0 Å². The second kappa shape index (κ2) is 9.13. The van der Waals surface area contributed by atoms with Crippen LogP contribution in [0.5, 0.6) is 5.75 Å². The number of hydrogen-bond donors (Lipinski definition) is 1. The van der Waals surface area contributed by atoms with E-state index < -0.39 is 0 Å². The van der Waals surface area contributed by atoms with Gasteiger partial charge in [0, 0.05) is 41.3 Å². The fraction of sp³-hybridized carbons (Fsp3) is 0.429. The molecule has 32 heavy (non-hydrogen) atoms. The molecule has 0 spiro atoms. The molecule has 4 heteroatoms. The Morgan fingerprint density at radius 2 is 1.88 bits per heavy atom. The van der Waals surface area contributed by atoms with Gasteiger partial charge in [-0.2, -0.15) is 0 Å². The van der Waals surface area contributed by atoms with Crippen molar-refractivity contribution in [3.05, 3.63) is 71.9 Å². The number of fused-ring (bicyclic) bond motifs is 1. The minimum atomic E-state index is 0.177. The Hall–Kier alpha value is -2.56. The summed E-state index contributed by atoms with van der Waals surface area (Å²) in [6.07, 6.45) is 12.2. The van der Waals surface area contributed by atoms with Gasteiger partial charge in [0.1, 0.15) is 5.75 Å². The topological polar surface area (TPSA) is 31.5 Å². The Balaban J connectivity index is 1.32. The monoisotopic (exact) mass is 429 g/mol. The van der Waals surface area contributed by atoms with E-state index in [1.165, 1.54) is 59.7 Å². The lowest BCUT2D eigenvalue weighted by Gasteiger charge is -2.47. The van der Waals surface area contributed by atoms with E-state index in [1.54, 1.807) is 7.11 Å². The molecule has 0 unspecified atom stereocenters. The zero-order chi connectivity index (χ0) is 22.0. The molecule has 3 aromatic rings. The van der Waals surface area contributed by atoms with Crippen LogP contribution in [0, 0.1) is 0 Å². The average Bonchev–Trinajstić information content (AvgIpc) is 3.28. The van der Waals surface area contributed by atoms with E-state index >= 15 is 0 Å². The van der Waals surface area contributed by atoms with Crippen LogP contribution in [0.25, 0.3) is 16.5 Å². The number of rotatable bonds is 6. The lowest BCUT2D eigenvalue weighted by atomic mass is 9.75. The highest BCUT2D eigenvalue weighted by atomic mass is 16.5. The van der Waals surface area contributed by atoms with Gasteiger partial charge < -0.3 is 9.72 Å². The third-order valence-electron chi connectivity index (χ3n) is 7.66. The summed E-state index contributed by atoms with van der Waals surface area (Å²) in [7, 11) is 4.07. The van der Waals surface area contributed by atoms with Gasteiger partial charge in [-0.1, -0.05) is 55.7 Å². The Morgan fingerprint density at radius 1 is 1.06 bits per heavy atom. The molecule has 4 nitrogen and oxygen atoms in total. The lowest BCUT2D eigenvalue weighted by molar-refractivity contribution is 0.0234. The predicted molar refractivity (Wildman–Crippen MR) is 133 cm³/mol. The van der Waals surface area contributed by atoms with Crippen molar-refractivity contribution in [3.63, 3.8) is 0 Å². The Bertz CT molecular complexity index is 1080. The summed E-state index contributed by atoms with van der Waals surface area (Å²) in [5, 5.41) is 1.26. The zero-order valence-electron chi connectivity index (χ0n) is 19.4. The Kier molecular flexibility index (Phi) is 6.07. The molecule has 2 aromatic carbocycles. The lowest BCUT2D eigenvalue weighted by Crippen LogP contribution is -2.50. The summed E-state index contributed by atoms with van der Waals surface area (Å²) in [6, 6.07) is 17.5. The SMILES string of the molecule is COc1ccc2[nH]cc(C3=CCN(CN(C)C4(c5ccccc5)CCCCC4)CC3)c2c1. The number of ether oxygens (including phenoxy) is 1. The largest absolute Gasteiger partial charge is 0.497 e. The molecule has 2 heterocycles. The summed E-state index contributed by atoms with van der Waals surface area (Å²) in [6.45, 7) is 3.11. The molecule has 0 atom stereocenters. The van der Waals surface area contributed by atoms with Crippen molar-refractivity contribution >= 4 is 16.5 Å². The van der Waals surface area contributed by atoms with Crippen molar-refractivity contribution in [3.8, 4) is 5.75 Å². The summed E-state index contributed by atoms with van der Waals surface area (Å²) >= 11 is 0. The quantitative estimate of drug-likeness (QED) is 0.520. The van der Waals surface area contributed by atoms with Crippen LogP contribution in [0.2, 0.25) is 0 Å². The van der Waals surface area contributed by atoms with Crippen LogP contribution in [-0.2, 0) is 5.54 Å². The van der Waals surface area contributed by atoms with Crippen LogP contribution >= 0.6 is 0 Å². The van der Waals surface area contributed by atoms with Crippen LogP contribution in [0.15, 0.2) is 60.8 Å². The van der Waals surface area contributed by atoms with Gasteiger partial charge in [-0.05, 0) is 55.6 Å². The first-order valence-corrected chi connectivity index (χ1v) is 12.0. The van der Waals surface area contributed by atoms with Crippen molar-refractivity contribution in [1.29, 1.82) is 0 Å². The van der Waals surface area contributed by atoms with Gasteiger partial charge in [0.2, 0.25) is 0 Å². The number of aromatic amines is 1. The maximum atomic E-state index is 5.45. The normalized spacial score (nSPS) is 19.3. The number of hydrogen-bond acceptors (Lipinski definition) is 3. The van der Waals surface area contributed by atoms with E-state index in [2.05, 4.69) is 76.6 Å². The molecule has 1 N–H and O–H groups in total. The van der Waals surface area contributed by atoms with Gasteiger partial charge in [0.25, 0.3) is 0 Å². The molecular weight excluding hydrogens is 394 g/mol. The van der Waals surface area contributed by atoms with Crippen LogP contribution in [0.4, 0.5) is 0 Å². The van der Waals surface area contributed by atoms with Crippen molar-refractivity contribution < 1.29 is 4.74 Å². The summed E-state index contributed by atoms with van der Waals surface area (Å²) in [4.78, 5) is 8.66. The smallest absolute Gasteiger partial charge is 0.119 e. The van der Waals surface area contributed by atoms with Gasteiger partial charge in [-0.25, -0.2) is 0 Å². The van der Waals surface area contributed by atoms with Crippen molar-refractivity contribution in [1.82, 2.24) is 14.8 Å². The number of aromatic nitrogens is 1. The maximum absolute atomic E-state index is 5.45. The number of benzene rings is 2. The number of H-pyrrole nitrogens is 1. The predicted octanol–water partition coefficient (Wildman–Crippen LogP) is 6.01. The van der Waals surface area contributed by atoms with E-state index in [4.69, 9.17) is 4.74 Å². The minimum absolute atomic E-state index is 0.177. The van der Waals surface area contributed by atoms with Crippen LogP contribution in [0.1, 0.15) is 49.7 Å². The first-order valence-electron chi connectivity index (χ1n) is 12.0. The van der Waals surface area contributed by atoms with Crippen LogP contribution < -0.4 is 4.74 Å². The molecule has 1 saturated carbocycles. The van der Waals surface area contributed by atoms with E-state index in [-0.39, 0.29) is 5.54 Å². The van der Waals surface area contributed by atoms with Crippen LogP contribution in [-0.4, -0.2) is 48.7 Å². The second-order valence-electron chi connectivity index (χ2n) is 9.47. The number of nitrogens with zero attached hydrogens (tertiary/aromatic N) is 2. The zero-order valence-corrected chi connectivity index (χ0v) is 19.4. The molecular formula is C28H35N3O. The fourth-order valence-corrected chi connectivity index (χ4v) is 5.79. The molecule has 0 amide bonds. The van der Waals surface area contributed by atoms with Gasteiger partial charge in [0.05, 0.1) is 13.8 Å². The molecule has 5 rings (SSSR count). The highest BCUT2D eigenvalue weighted by Crippen LogP contribution is 2.42. The van der Waals surface area contributed by atoms with Gasteiger partial charge in [-0.3, -0.25) is 9.80 Å². The molecule has 1 aromatic heterocycles. The summed E-state index contributed by atoms with van der Waals surface area (Å²) < 4.78 is 5.45. The van der Waals surface area contributed by atoms with Gasteiger partial charge in [0.15, 0.2) is 0 Å². The second-order valence-corrected chi connectivity index (χ2v) is 9.47. The highest BCUT2D eigenvalue weighted by molar-refractivity contribution is 5.93. The minimum Gasteiger partial charge on any atom is -0.497 e. The molecule has 0 saturated heterocycles. The molecule has 1 aliphatic heterocycles. The Morgan fingerprint density at radius 3 is 2.59 bits per heavy atom. The van der Waals surface area contributed by atoms with Gasteiger partial charge >= 0.3 is 0 Å². The van der Waals surface area contributed by atoms with Gasteiger partial charge in [-0.15, -0.1) is 0 Å². The molecule has 1 fully saturated rings. The number of nitrogens with one attached hydrogen (secondary N) is 1. The van der Waals surface area contributed by atoms with E-state index in [0.717, 1.165) is 31.9 Å². The molecule has 2 aliphatic rings. The first kappa shape index (κ1) is 21.3. The molecule has 168 valence electrons. The third kappa shape index (κ3) is 3.98. The van der Waals surface area contributed by atoms with Crippen molar-refractivity contribution in [2.24, 2.45) is 0 Å². The highest BCUT2D eigenvalue weighted by Gasteiger charge is 2.38. The standard InChI is InChI=1S/C28H35N3O/c1-30(28(15-7-4-8-16-28)23-9-5-3-6-10-23)21-31-17-13-22(14-18-31)26-20-29-27-12-11-24(32-2)19-25(26)27/h3,5-6,9-13,19-20,29H,4,7-8,14-18,21H2,1-2H3. The first-order chi connectivity index (χ1) is 15.7. The van der Waals surface area contributed by atoms with Crippen LogP contribution in [0.3, 0.4) is 0 Å². The third-order valence-corrected chi connectivity index (χ3v) is 7.66. The van der Waals surface area contributed by atoms with Crippen molar-refractivity contribution in [2.75, 3.05) is 33.9 Å². The summed E-state index contributed by atoms with van der Waals surface area (Å²) in [5.74, 6) is 0.914.